The van der Waals surface area contributed by atoms with E-state index >= 15 is 0 Å². The molecule has 0 saturated carbocycles. The minimum absolute atomic E-state index is 0.746. The molecule has 1 saturated heterocycles. The summed E-state index contributed by atoms with van der Waals surface area (Å²) >= 11 is 0. The lowest BCUT2D eigenvalue weighted by Gasteiger charge is -2.37. The van der Waals surface area contributed by atoms with Gasteiger partial charge in [0.15, 0.2) is 0 Å². The van der Waals surface area contributed by atoms with Crippen LogP contribution in [0.5, 0.6) is 0 Å². The van der Waals surface area contributed by atoms with Gasteiger partial charge in [-0.3, -0.25) is 0 Å². The Balaban J connectivity index is 0.000000671. The number of rotatable bonds is 2. The molecule has 80 valence electrons. The van der Waals surface area contributed by atoms with Crippen molar-refractivity contribution >= 4 is 0 Å². The molecule has 1 rings (SSSR count). The van der Waals surface area contributed by atoms with E-state index in [1.165, 1.54) is 32.6 Å². The second-order valence-electron chi connectivity index (χ2n) is 3.63. The molecule has 1 atom stereocenters. The van der Waals surface area contributed by atoms with E-state index in [0.717, 1.165) is 6.04 Å². The molecular formula is C11H26N2. The Morgan fingerprint density at radius 1 is 1.23 bits per heavy atom. The monoisotopic (exact) mass is 186 g/mol. The summed E-state index contributed by atoms with van der Waals surface area (Å²) in [5.41, 5.74) is 0. The van der Waals surface area contributed by atoms with Crippen LogP contribution in [0, 0.1) is 0 Å². The largest absolute Gasteiger partial charge is 0.301 e. The van der Waals surface area contributed by atoms with E-state index in [2.05, 4.69) is 30.7 Å². The summed E-state index contributed by atoms with van der Waals surface area (Å²) < 4.78 is 0. The van der Waals surface area contributed by atoms with Crippen LogP contribution in [-0.4, -0.2) is 49.1 Å². The first kappa shape index (κ1) is 12.9. The Morgan fingerprint density at radius 3 is 2.31 bits per heavy atom. The second-order valence-corrected chi connectivity index (χ2v) is 3.63. The van der Waals surface area contributed by atoms with Gasteiger partial charge < -0.3 is 9.80 Å². The highest BCUT2D eigenvalue weighted by Gasteiger charge is 2.18. The van der Waals surface area contributed by atoms with E-state index in [9.17, 15) is 0 Å². The molecular weight excluding hydrogens is 160 g/mol. The van der Waals surface area contributed by atoms with Gasteiger partial charge in [-0.15, -0.1) is 0 Å². The number of hydrogen-bond donors (Lipinski definition) is 0. The standard InChI is InChI=1S/C9H20N2.C2H6/c1-4-5-11-7-6-10(3)9(2)8-11;1-2/h9H,4-8H2,1-3H3;1-2H3/t9-;/m1./s1. The third kappa shape index (κ3) is 4.63. The highest BCUT2D eigenvalue weighted by molar-refractivity contribution is 4.75. The van der Waals surface area contributed by atoms with Crippen LogP contribution in [0.4, 0.5) is 0 Å². The first-order valence-electron chi connectivity index (χ1n) is 5.66. The van der Waals surface area contributed by atoms with Crippen LogP contribution < -0.4 is 0 Å². The molecule has 2 heteroatoms. The van der Waals surface area contributed by atoms with Crippen molar-refractivity contribution in [2.45, 2.75) is 40.2 Å². The molecule has 0 aromatic carbocycles. The average Bonchev–Trinajstić information content (AvgIpc) is 2.15. The summed E-state index contributed by atoms with van der Waals surface area (Å²) in [5.74, 6) is 0. The minimum atomic E-state index is 0.746. The Labute approximate surface area is 83.9 Å². The van der Waals surface area contributed by atoms with Gasteiger partial charge >= 0.3 is 0 Å². The number of likely N-dealkylation sites (N-methyl/N-ethyl adjacent to an activating group) is 1. The molecule has 0 bridgehead atoms. The summed E-state index contributed by atoms with van der Waals surface area (Å²) in [6, 6.07) is 0.746. The maximum Gasteiger partial charge on any atom is 0.0192 e. The van der Waals surface area contributed by atoms with Gasteiger partial charge in [0, 0.05) is 25.7 Å². The smallest absolute Gasteiger partial charge is 0.0192 e. The fourth-order valence-electron chi connectivity index (χ4n) is 1.64. The highest BCUT2D eigenvalue weighted by atomic mass is 15.3. The molecule has 0 amide bonds. The maximum atomic E-state index is 2.56. The predicted molar refractivity (Wildman–Crippen MR) is 60.2 cm³/mol. The molecule has 0 N–H and O–H groups in total. The molecule has 0 aromatic rings. The normalized spacial score (nSPS) is 25.2. The number of nitrogens with zero attached hydrogens (tertiary/aromatic N) is 2. The van der Waals surface area contributed by atoms with Gasteiger partial charge in [-0.25, -0.2) is 0 Å². The van der Waals surface area contributed by atoms with Crippen LogP contribution in [-0.2, 0) is 0 Å². The summed E-state index contributed by atoms with van der Waals surface area (Å²) in [6.45, 7) is 13.6. The van der Waals surface area contributed by atoms with Crippen LogP contribution in [0.1, 0.15) is 34.1 Å². The van der Waals surface area contributed by atoms with E-state index < -0.39 is 0 Å². The van der Waals surface area contributed by atoms with Crippen molar-refractivity contribution in [3.63, 3.8) is 0 Å². The fourth-order valence-corrected chi connectivity index (χ4v) is 1.64. The topological polar surface area (TPSA) is 6.48 Å². The van der Waals surface area contributed by atoms with Gasteiger partial charge in [-0.05, 0) is 26.9 Å². The van der Waals surface area contributed by atoms with Crippen LogP contribution in [0.25, 0.3) is 0 Å². The van der Waals surface area contributed by atoms with E-state index in [1.807, 2.05) is 13.8 Å². The van der Waals surface area contributed by atoms with Crippen molar-refractivity contribution in [2.75, 3.05) is 33.2 Å². The first-order chi connectivity index (χ1) is 6.24. The Bertz CT molecular complexity index is 115. The second kappa shape index (κ2) is 7.34. The molecule has 1 aliphatic heterocycles. The van der Waals surface area contributed by atoms with Gasteiger partial charge in [0.05, 0.1) is 0 Å². The lowest BCUT2D eigenvalue weighted by Crippen LogP contribution is -2.50. The summed E-state index contributed by atoms with van der Waals surface area (Å²) in [7, 11) is 2.22. The lowest BCUT2D eigenvalue weighted by atomic mass is 10.2. The van der Waals surface area contributed by atoms with Crippen LogP contribution >= 0.6 is 0 Å². The van der Waals surface area contributed by atoms with Crippen molar-refractivity contribution in [1.82, 2.24) is 9.80 Å². The summed E-state index contributed by atoms with van der Waals surface area (Å²) in [6.07, 6.45) is 1.29. The molecule has 0 aromatic heterocycles. The van der Waals surface area contributed by atoms with Crippen molar-refractivity contribution in [2.24, 2.45) is 0 Å². The predicted octanol–water partition coefficient (Wildman–Crippen LogP) is 2.06. The number of piperazine rings is 1. The maximum absolute atomic E-state index is 2.56. The zero-order valence-electron chi connectivity index (χ0n) is 10.0. The first-order valence-corrected chi connectivity index (χ1v) is 5.66. The molecule has 0 aliphatic carbocycles. The molecule has 0 spiro atoms. The molecule has 13 heavy (non-hydrogen) atoms. The lowest BCUT2D eigenvalue weighted by molar-refractivity contribution is 0.105. The van der Waals surface area contributed by atoms with E-state index in [0.29, 0.717) is 0 Å². The SMILES string of the molecule is CC.CCCN1CCN(C)[C@H](C)C1. The quantitative estimate of drug-likeness (QED) is 0.651. The zero-order chi connectivity index (χ0) is 10.3. The van der Waals surface area contributed by atoms with Crippen molar-refractivity contribution < 1.29 is 0 Å². The molecule has 1 heterocycles. The highest BCUT2D eigenvalue weighted by Crippen LogP contribution is 2.06. The van der Waals surface area contributed by atoms with E-state index in [4.69, 9.17) is 0 Å². The minimum Gasteiger partial charge on any atom is -0.301 e. The molecule has 1 fully saturated rings. The van der Waals surface area contributed by atoms with Gasteiger partial charge in [0.1, 0.15) is 0 Å². The van der Waals surface area contributed by atoms with Crippen molar-refractivity contribution in [1.29, 1.82) is 0 Å². The van der Waals surface area contributed by atoms with Gasteiger partial charge in [0.2, 0.25) is 0 Å². The van der Waals surface area contributed by atoms with E-state index in [1.54, 1.807) is 0 Å². The molecule has 0 radical (unpaired) electrons. The van der Waals surface area contributed by atoms with Crippen molar-refractivity contribution in [3.8, 4) is 0 Å². The molecule has 1 aliphatic rings. The third-order valence-corrected chi connectivity index (χ3v) is 2.58. The van der Waals surface area contributed by atoms with Crippen LogP contribution in [0.2, 0.25) is 0 Å². The van der Waals surface area contributed by atoms with Gasteiger partial charge in [0.25, 0.3) is 0 Å². The average molecular weight is 186 g/mol. The zero-order valence-corrected chi connectivity index (χ0v) is 10.0. The van der Waals surface area contributed by atoms with Gasteiger partial charge in [-0.1, -0.05) is 20.8 Å². The summed E-state index contributed by atoms with van der Waals surface area (Å²) in [4.78, 5) is 5.00. The van der Waals surface area contributed by atoms with E-state index in [-0.39, 0.29) is 0 Å². The third-order valence-electron chi connectivity index (χ3n) is 2.58. The number of hydrogen-bond acceptors (Lipinski definition) is 2. The molecule has 2 nitrogen and oxygen atoms in total. The van der Waals surface area contributed by atoms with Crippen molar-refractivity contribution in [3.05, 3.63) is 0 Å². The Kier molecular flexibility index (Phi) is 7.29. The van der Waals surface area contributed by atoms with Crippen LogP contribution in [0.15, 0.2) is 0 Å². The Hall–Kier alpha value is -0.0800. The fraction of sp³-hybridized carbons (Fsp3) is 1.00. The van der Waals surface area contributed by atoms with Gasteiger partial charge in [-0.2, -0.15) is 0 Å². The Morgan fingerprint density at radius 2 is 1.85 bits per heavy atom. The van der Waals surface area contributed by atoms with Crippen LogP contribution in [0.3, 0.4) is 0 Å². The molecule has 0 unspecified atom stereocenters. The summed E-state index contributed by atoms with van der Waals surface area (Å²) in [5, 5.41) is 0.